The Morgan fingerprint density at radius 2 is 2.33 bits per heavy atom. The van der Waals surface area contributed by atoms with E-state index in [0.717, 1.165) is 31.6 Å². The zero-order valence-corrected chi connectivity index (χ0v) is 12.3. The Morgan fingerprint density at radius 1 is 1.52 bits per heavy atom. The Hall–Kier alpha value is -1.53. The van der Waals surface area contributed by atoms with Crippen molar-refractivity contribution in [2.75, 3.05) is 19.6 Å². The van der Waals surface area contributed by atoms with Crippen molar-refractivity contribution in [3.8, 4) is 0 Å². The maximum absolute atomic E-state index is 13.7. The Morgan fingerprint density at radius 3 is 2.90 bits per heavy atom. The molecule has 0 saturated carbocycles. The van der Waals surface area contributed by atoms with E-state index in [1.807, 2.05) is 0 Å². The average molecular weight is 295 g/mol. The lowest BCUT2D eigenvalue weighted by Gasteiger charge is -2.25. The summed E-state index contributed by atoms with van der Waals surface area (Å²) in [6.07, 6.45) is 3.41. The molecule has 21 heavy (non-hydrogen) atoms. The van der Waals surface area contributed by atoms with Gasteiger partial charge in [-0.2, -0.15) is 4.39 Å². The van der Waals surface area contributed by atoms with Gasteiger partial charge in [-0.3, -0.25) is 15.0 Å². The minimum Gasteiger partial charge on any atom is -0.313 e. The quantitative estimate of drug-likeness (QED) is 0.620. The van der Waals surface area contributed by atoms with Gasteiger partial charge in [0.25, 0.3) is 0 Å². The molecule has 1 atom stereocenters. The first kappa shape index (κ1) is 15.9. The predicted octanol–water partition coefficient (Wildman–Crippen LogP) is 2.70. The van der Waals surface area contributed by atoms with Crippen LogP contribution in [0.15, 0.2) is 18.2 Å². The molecule has 6 heteroatoms. The molecule has 1 fully saturated rings. The van der Waals surface area contributed by atoms with Crippen LogP contribution in [0, 0.1) is 15.9 Å². The van der Waals surface area contributed by atoms with Crippen LogP contribution in [0.5, 0.6) is 0 Å². The summed E-state index contributed by atoms with van der Waals surface area (Å²) in [7, 11) is 0. The summed E-state index contributed by atoms with van der Waals surface area (Å²) in [6, 6.07) is 4.68. The van der Waals surface area contributed by atoms with Crippen LogP contribution in [-0.4, -0.2) is 35.5 Å². The first-order valence-corrected chi connectivity index (χ1v) is 7.48. The third kappa shape index (κ3) is 4.47. The lowest BCUT2D eigenvalue weighted by Crippen LogP contribution is -2.37. The normalized spacial score (nSPS) is 18.3. The molecule has 1 unspecified atom stereocenters. The molecule has 1 aliphatic heterocycles. The number of rotatable bonds is 7. The number of hydrogen-bond donors (Lipinski definition) is 1. The standard InChI is InChI=1S/C15H22FN3O2/c1-2-8-18(11-13-4-3-7-17-13)10-12-5-6-15(19(20)21)14(16)9-12/h5-6,9,13,17H,2-4,7-8,10-11H2,1H3. The van der Waals surface area contributed by atoms with Gasteiger partial charge in [0, 0.05) is 25.2 Å². The number of halogens is 1. The van der Waals surface area contributed by atoms with E-state index in [4.69, 9.17) is 0 Å². The van der Waals surface area contributed by atoms with Crippen molar-refractivity contribution < 1.29 is 9.31 Å². The molecule has 2 rings (SSSR count). The summed E-state index contributed by atoms with van der Waals surface area (Å²) in [5.74, 6) is -0.757. The van der Waals surface area contributed by atoms with Gasteiger partial charge in [0.1, 0.15) is 0 Å². The molecule has 1 saturated heterocycles. The van der Waals surface area contributed by atoms with Crippen LogP contribution < -0.4 is 5.32 Å². The minimum absolute atomic E-state index is 0.460. The average Bonchev–Trinajstić information content (AvgIpc) is 2.91. The van der Waals surface area contributed by atoms with Gasteiger partial charge >= 0.3 is 5.69 Å². The summed E-state index contributed by atoms with van der Waals surface area (Å²) in [5, 5.41) is 14.1. The maximum Gasteiger partial charge on any atom is 0.304 e. The van der Waals surface area contributed by atoms with Crippen LogP contribution in [-0.2, 0) is 6.54 Å². The highest BCUT2D eigenvalue weighted by Crippen LogP contribution is 2.19. The molecule has 0 radical (unpaired) electrons. The second kappa shape index (κ2) is 7.47. The zero-order valence-electron chi connectivity index (χ0n) is 12.3. The van der Waals surface area contributed by atoms with E-state index in [1.54, 1.807) is 6.07 Å². The minimum atomic E-state index is -0.757. The molecule has 0 aliphatic carbocycles. The second-order valence-corrected chi connectivity index (χ2v) is 5.57. The van der Waals surface area contributed by atoms with E-state index in [2.05, 4.69) is 17.1 Å². The Kier molecular flexibility index (Phi) is 5.64. The van der Waals surface area contributed by atoms with Crippen molar-refractivity contribution in [1.82, 2.24) is 10.2 Å². The van der Waals surface area contributed by atoms with Crippen molar-refractivity contribution in [2.45, 2.75) is 38.8 Å². The van der Waals surface area contributed by atoms with Gasteiger partial charge in [-0.05, 0) is 44.0 Å². The first-order valence-electron chi connectivity index (χ1n) is 7.48. The number of benzene rings is 1. The van der Waals surface area contributed by atoms with E-state index < -0.39 is 16.4 Å². The topological polar surface area (TPSA) is 58.4 Å². The zero-order chi connectivity index (χ0) is 15.2. The number of nitro benzene ring substituents is 1. The third-order valence-corrected chi connectivity index (χ3v) is 3.80. The monoisotopic (exact) mass is 295 g/mol. The van der Waals surface area contributed by atoms with Crippen molar-refractivity contribution >= 4 is 5.69 Å². The first-order chi connectivity index (χ1) is 10.1. The molecule has 1 heterocycles. The van der Waals surface area contributed by atoms with Crippen molar-refractivity contribution in [3.05, 3.63) is 39.7 Å². The van der Waals surface area contributed by atoms with Crippen LogP contribution in [0.1, 0.15) is 31.7 Å². The SMILES string of the molecule is CCCN(Cc1ccc([N+](=O)[O-])c(F)c1)CC1CCCN1. The molecular formula is C15H22FN3O2. The number of nitrogens with one attached hydrogen (secondary N) is 1. The van der Waals surface area contributed by atoms with E-state index in [1.165, 1.54) is 25.0 Å². The largest absolute Gasteiger partial charge is 0.313 e. The number of nitrogens with zero attached hydrogens (tertiary/aromatic N) is 2. The van der Waals surface area contributed by atoms with Crippen molar-refractivity contribution in [1.29, 1.82) is 0 Å². The second-order valence-electron chi connectivity index (χ2n) is 5.57. The van der Waals surface area contributed by atoms with Crippen LogP contribution in [0.4, 0.5) is 10.1 Å². The van der Waals surface area contributed by atoms with Crippen LogP contribution >= 0.6 is 0 Å². The summed E-state index contributed by atoms with van der Waals surface area (Å²) in [5.41, 5.74) is 0.322. The van der Waals surface area contributed by atoms with Gasteiger partial charge in [0.05, 0.1) is 4.92 Å². The summed E-state index contributed by atoms with van der Waals surface area (Å²) >= 11 is 0. The van der Waals surface area contributed by atoms with Crippen LogP contribution in [0.2, 0.25) is 0 Å². The van der Waals surface area contributed by atoms with E-state index in [-0.39, 0.29) is 0 Å². The molecule has 1 N–H and O–H groups in total. The van der Waals surface area contributed by atoms with Gasteiger partial charge < -0.3 is 5.32 Å². The Balaban J connectivity index is 2.01. The van der Waals surface area contributed by atoms with E-state index >= 15 is 0 Å². The lowest BCUT2D eigenvalue weighted by molar-refractivity contribution is -0.387. The van der Waals surface area contributed by atoms with E-state index in [9.17, 15) is 14.5 Å². The molecule has 1 aromatic rings. The fourth-order valence-corrected chi connectivity index (χ4v) is 2.83. The molecule has 116 valence electrons. The molecule has 0 bridgehead atoms. The van der Waals surface area contributed by atoms with Crippen LogP contribution in [0.3, 0.4) is 0 Å². The molecule has 0 aromatic heterocycles. The van der Waals surface area contributed by atoms with Gasteiger partial charge in [-0.25, -0.2) is 0 Å². The molecular weight excluding hydrogens is 273 g/mol. The Labute approximate surface area is 124 Å². The molecule has 0 amide bonds. The number of hydrogen-bond acceptors (Lipinski definition) is 4. The molecule has 0 spiro atoms. The van der Waals surface area contributed by atoms with Crippen LogP contribution in [0.25, 0.3) is 0 Å². The highest BCUT2D eigenvalue weighted by Gasteiger charge is 2.19. The predicted molar refractivity (Wildman–Crippen MR) is 79.6 cm³/mol. The summed E-state index contributed by atoms with van der Waals surface area (Å²) in [4.78, 5) is 12.2. The highest BCUT2D eigenvalue weighted by molar-refractivity contribution is 5.34. The summed E-state index contributed by atoms with van der Waals surface area (Å²) in [6.45, 7) is 5.69. The van der Waals surface area contributed by atoms with Gasteiger partial charge in [0.2, 0.25) is 5.82 Å². The van der Waals surface area contributed by atoms with Gasteiger partial charge in [-0.1, -0.05) is 13.0 Å². The van der Waals surface area contributed by atoms with Gasteiger partial charge in [0.15, 0.2) is 0 Å². The lowest BCUT2D eigenvalue weighted by atomic mass is 10.1. The fourth-order valence-electron chi connectivity index (χ4n) is 2.83. The molecule has 5 nitrogen and oxygen atoms in total. The molecule has 1 aliphatic rings. The van der Waals surface area contributed by atoms with Crippen molar-refractivity contribution in [2.24, 2.45) is 0 Å². The third-order valence-electron chi connectivity index (χ3n) is 3.80. The Bertz CT molecular complexity index is 490. The van der Waals surface area contributed by atoms with E-state index in [0.29, 0.717) is 12.6 Å². The molecule has 1 aromatic carbocycles. The number of nitro groups is 1. The smallest absolute Gasteiger partial charge is 0.304 e. The van der Waals surface area contributed by atoms with Crippen molar-refractivity contribution in [3.63, 3.8) is 0 Å². The maximum atomic E-state index is 13.7. The highest BCUT2D eigenvalue weighted by atomic mass is 19.1. The fraction of sp³-hybridized carbons (Fsp3) is 0.600. The van der Waals surface area contributed by atoms with Gasteiger partial charge in [-0.15, -0.1) is 0 Å². The summed E-state index contributed by atoms with van der Waals surface area (Å²) < 4.78 is 13.7.